The van der Waals surface area contributed by atoms with Gasteiger partial charge in [-0.1, -0.05) is 18.2 Å². The molecule has 1 amide bonds. The van der Waals surface area contributed by atoms with Gasteiger partial charge < -0.3 is 14.2 Å². The fourth-order valence-electron chi connectivity index (χ4n) is 2.86. The number of amides is 1. The monoisotopic (exact) mass is 321 g/mol. The lowest BCUT2D eigenvalue weighted by Gasteiger charge is -2.37. The summed E-state index contributed by atoms with van der Waals surface area (Å²) in [5, 5.41) is 0. The molecule has 0 spiro atoms. The van der Waals surface area contributed by atoms with Gasteiger partial charge in [-0.25, -0.2) is 4.79 Å². The van der Waals surface area contributed by atoms with Gasteiger partial charge in [0.15, 0.2) is 6.29 Å². The van der Waals surface area contributed by atoms with Crippen LogP contribution in [0.15, 0.2) is 24.3 Å². The summed E-state index contributed by atoms with van der Waals surface area (Å²) in [5.41, 5.74) is 1.49. The van der Waals surface area contributed by atoms with Gasteiger partial charge in [-0.2, -0.15) is 0 Å². The van der Waals surface area contributed by atoms with Gasteiger partial charge >= 0.3 is 6.09 Å². The number of rotatable bonds is 4. The topological polar surface area (TPSA) is 48.0 Å². The van der Waals surface area contributed by atoms with E-state index in [-0.39, 0.29) is 18.3 Å². The van der Waals surface area contributed by atoms with Crippen LogP contribution in [0.2, 0.25) is 0 Å². The average Bonchev–Trinajstić information content (AvgIpc) is 2.49. The number of methoxy groups -OCH3 is 1. The van der Waals surface area contributed by atoms with Gasteiger partial charge in [0.05, 0.1) is 5.69 Å². The van der Waals surface area contributed by atoms with Crippen molar-refractivity contribution >= 4 is 11.8 Å². The maximum atomic E-state index is 12.6. The highest BCUT2D eigenvalue weighted by molar-refractivity contribution is 5.89. The first kappa shape index (κ1) is 17.8. The van der Waals surface area contributed by atoms with Crippen LogP contribution in [0.25, 0.3) is 0 Å². The molecule has 0 saturated heterocycles. The molecule has 0 unspecified atom stereocenters. The van der Waals surface area contributed by atoms with Crippen LogP contribution in [0.1, 0.15) is 33.3 Å². The Labute approximate surface area is 138 Å². The quantitative estimate of drug-likeness (QED) is 0.795. The van der Waals surface area contributed by atoms with E-state index in [4.69, 9.17) is 14.2 Å². The molecular formula is C18H27NO4. The van der Waals surface area contributed by atoms with Crippen LogP contribution in [0.4, 0.5) is 10.5 Å². The Morgan fingerprint density at radius 3 is 2.65 bits per heavy atom. The predicted molar refractivity (Wildman–Crippen MR) is 89.6 cm³/mol. The molecule has 0 aliphatic carbocycles. The minimum atomic E-state index is -0.528. The van der Waals surface area contributed by atoms with Gasteiger partial charge in [0.2, 0.25) is 0 Å². The molecule has 2 rings (SSSR count). The summed E-state index contributed by atoms with van der Waals surface area (Å²) in [4.78, 5) is 14.3. The standard InChI is InChI=1S/C18H27NO4/c1-6-22-16(21-5)14-11-13-9-7-8-10-15(13)19(12-14)17(20)23-18(2,3)4/h7-10,14,16H,6,11-12H2,1-5H3/t14-,16+/m0/s1. The largest absolute Gasteiger partial charge is 0.443 e. The second kappa shape index (κ2) is 7.32. The van der Waals surface area contributed by atoms with E-state index in [0.29, 0.717) is 13.2 Å². The van der Waals surface area contributed by atoms with E-state index < -0.39 is 5.60 Å². The number of fused-ring (bicyclic) bond motifs is 1. The lowest BCUT2D eigenvalue weighted by molar-refractivity contribution is -0.151. The summed E-state index contributed by atoms with van der Waals surface area (Å²) in [6.45, 7) is 8.64. The van der Waals surface area contributed by atoms with Gasteiger partial charge in [-0.3, -0.25) is 4.90 Å². The fraction of sp³-hybridized carbons (Fsp3) is 0.611. The van der Waals surface area contributed by atoms with Crippen molar-refractivity contribution in [2.75, 3.05) is 25.2 Å². The Morgan fingerprint density at radius 2 is 2.04 bits per heavy atom. The zero-order chi connectivity index (χ0) is 17.0. The zero-order valence-corrected chi connectivity index (χ0v) is 14.7. The van der Waals surface area contributed by atoms with Crippen molar-refractivity contribution in [3.05, 3.63) is 29.8 Å². The first-order chi connectivity index (χ1) is 10.9. The summed E-state index contributed by atoms with van der Waals surface area (Å²) in [5.74, 6) is 0.0716. The molecule has 0 radical (unpaired) electrons. The first-order valence-corrected chi connectivity index (χ1v) is 8.08. The molecule has 1 aromatic carbocycles. The number of anilines is 1. The average molecular weight is 321 g/mol. The van der Waals surface area contributed by atoms with E-state index in [1.165, 1.54) is 0 Å². The number of carbonyl (C=O) groups excluding carboxylic acids is 1. The van der Waals surface area contributed by atoms with Crippen LogP contribution >= 0.6 is 0 Å². The van der Waals surface area contributed by atoms with E-state index in [2.05, 4.69) is 0 Å². The molecule has 0 saturated carbocycles. The Hall–Kier alpha value is -1.59. The Kier molecular flexibility index (Phi) is 5.65. The molecule has 0 aromatic heterocycles. The first-order valence-electron chi connectivity index (χ1n) is 8.08. The molecule has 5 nitrogen and oxygen atoms in total. The highest BCUT2D eigenvalue weighted by Crippen LogP contribution is 2.33. The Bertz CT molecular complexity index is 538. The molecule has 0 fully saturated rings. The predicted octanol–water partition coefficient (Wildman–Crippen LogP) is 3.61. The molecule has 1 aliphatic rings. The SMILES string of the molecule is CCO[C@@H](OC)[C@H]1Cc2ccccc2N(C(=O)OC(C)(C)C)C1. The van der Waals surface area contributed by atoms with Crippen LogP contribution in [-0.4, -0.2) is 38.2 Å². The second-order valence-corrected chi connectivity index (χ2v) is 6.74. The van der Waals surface area contributed by atoms with Crippen LogP contribution < -0.4 is 4.90 Å². The smallest absolute Gasteiger partial charge is 0.414 e. The Morgan fingerprint density at radius 1 is 1.35 bits per heavy atom. The number of benzene rings is 1. The number of ether oxygens (including phenoxy) is 3. The molecule has 0 bridgehead atoms. The minimum Gasteiger partial charge on any atom is -0.443 e. The molecule has 1 heterocycles. The van der Waals surface area contributed by atoms with Crippen molar-refractivity contribution in [1.82, 2.24) is 0 Å². The van der Waals surface area contributed by atoms with Crippen molar-refractivity contribution < 1.29 is 19.0 Å². The van der Waals surface area contributed by atoms with Crippen LogP contribution in [0.5, 0.6) is 0 Å². The highest BCUT2D eigenvalue weighted by atomic mass is 16.7. The fourth-order valence-corrected chi connectivity index (χ4v) is 2.86. The maximum absolute atomic E-state index is 12.6. The number of hydrogen-bond donors (Lipinski definition) is 0. The van der Waals surface area contributed by atoms with Crippen molar-refractivity contribution in [2.45, 2.75) is 46.0 Å². The third kappa shape index (κ3) is 4.45. The number of hydrogen-bond acceptors (Lipinski definition) is 4. The van der Waals surface area contributed by atoms with Gasteiger partial charge in [0.1, 0.15) is 5.60 Å². The van der Waals surface area contributed by atoms with Crippen LogP contribution in [0.3, 0.4) is 0 Å². The summed E-state index contributed by atoms with van der Waals surface area (Å²) >= 11 is 0. The molecule has 1 aromatic rings. The van der Waals surface area contributed by atoms with Gasteiger partial charge in [-0.05, 0) is 45.7 Å². The van der Waals surface area contributed by atoms with Gasteiger partial charge in [-0.15, -0.1) is 0 Å². The second-order valence-electron chi connectivity index (χ2n) is 6.74. The molecule has 128 valence electrons. The Balaban J connectivity index is 2.27. The molecule has 23 heavy (non-hydrogen) atoms. The van der Waals surface area contributed by atoms with E-state index in [9.17, 15) is 4.79 Å². The normalized spacial score (nSPS) is 19.2. The lowest BCUT2D eigenvalue weighted by Crippen LogP contribution is -2.46. The third-order valence-electron chi connectivity index (χ3n) is 3.74. The summed E-state index contributed by atoms with van der Waals surface area (Å²) in [7, 11) is 1.64. The van der Waals surface area contributed by atoms with Crippen LogP contribution in [-0.2, 0) is 20.6 Å². The highest BCUT2D eigenvalue weighted by Gasteiger charge is 2.35. The van der Waals surface area contributed by atoms with Crippen LogP contribution in [0, 0.1) is 5.92 Å². The molecule has 1 aliphatic heterocycles. The molecule has 2 atom stereocenters. The van der Waals surface area contributed by atoms with E-state index in [0.717, 1.165) is 17.7 Å². The summed E-state index contributed by atoms with van der Waals surface area (Å²) in [6.07, 6.45) is 0.146. The molecular weight excluding hydrogens is 294 g/mol. The van der Waals surface area contributed by atoms with Crippen molar-refractivity contribution in [2.24, 2.45) is 5.92 Å². The van der Waals surface area contributed by atoms with Crippen molar-refractivity contribution in [3.8, 4) is 0 Å². The van der Waals surface area contributed by atoms with E-state index in [1.807, 2.05) is 52.0 Å². The van der Waals surface area contributed by atoms with Gasteiger partial charge in [0, 0.05) is 26.2 Å². The summed E-state index contributed by atoms with van der Waals surface area (Å²) in [6, 6.07) is 7.92. The number of para-hydroxylation sites is 1. The maximum Gasteiger partial charge on any atom is 0.414 e. The van der Waals surface area contributed by atoms with Crippen molar-refractivity contribution in [1.29, 1.82) is 0 Å². The zero-order valence-electron chi connectivity index (χ0n) is 14.7. The molecule has 0 N–H and O–H groups in total. The van der Waals surface area contributed by atoms with Crippen molar-refractivity contribution in [3.63, 3.8) is 0 Å². The third-order valence-corrected chi connectivity index (χ3v) is 3.74. The molecule has 5 heteroatoms. The summed E-state index contributed by atoms with van der Waals surface area (Å²) < 4.78 is 16.7. The lowest BCUT2D eigenvalue weighted by atomic mass is 9.92. The number of nitrogens with zero attached hydrogens (tertiary/aromatic N) is 1. The van der Waals surface area contributed by atoms with Gasteiger partial charge in [0.25, 0.3) is 0 Å². The minimum absolute atomic E-state index is 0.0716. The van der Waals surface area contributed by atoms with E-state index >= 15 is 0 Å². The van der Waals surface area contributed by atoms with E-state index in [1.54, 1.807) is 12.0 Å². The number of carbonyl (C=O) groups is 1.